The highest BCUT2D eigenvalue weighted by Gasteiger charge is 2.22. The average molecular weight is 221 g/mol. The van der Waals surface area contributed by atoms with Gasteiger partial charge in [-0.15, -0.1) is 0 Å². The van der Waals surface area contributed by atoms with E-state index in [1.165, 1.54) is 6.92 Å². The molecule has 0 heterocycles. The summed E-state index contributed by atoms with van der Waals surface area (Å²) >= 11 is 5.71. The molecule has 1 rings (SSSR count). The van der Waals surface area contributed by atoms with Crippen molar-refractivity contribution in [1.29, 1.82) is 0 Å². The minimum absolute atomic E-state index is 0.0206. The fourth-order valence-electron chi connectivity index (χ4n) is 1.28. The number of benzene rings is 1. The van der Waals surface area contributed by atoms with Gasteiger partial charge in [0, 0.05) is 11.1 Å². The fourth-order valence-corrected chi connectivity index (χ4v) is 1.73. The van der Waals surface area contributed by atoms with Crippen molar-refractivity contribution in [2.45, 2.75) is 26.7 Å². The molecule has 0 aliphatic carbocycles. The molecule has 1 N–H and O–H groups in total. The van der Waals surface area contributed by atoms with Crippen molar-refractivity contribution in [1.82, 2.24) is 0 Å². The van der Waals surface area contributed by atoms with Crippen LogP contribution in [0.1, 0.15) is 30.9 Å². The van der Waals surface area contributed by atoms with E-state index in [4.69, 9.17) is 11.6 Å². The van der Waals surface area contributed by atoms with E-state index in [1.54, 1.807) is 13.8 Å². The van der Waals surface area contributed by atoms with E-state index < -0.39 is 11.6 Å². The van der Waals surface area contributed by atoms with Gasteiger partial charge in [-0.1, -0.05) is 25.4 Å². The maximum atomic E-state index is 13.4. The Hall–Kier alpha value is -0.830. The molecule has 0 bridgehead atoms. The van der Waals surface area contributed by atoms with E-state index in [1.807, 2.05) is 0 Å². The van der Waals surface area contributed by atoms with Gasteiger partial charge in [0.2, 0.25) is 0 Å². The Morgan fingerprint density at radius 2 is 1.71 bits per heavy atom. The van der Waals surface area contributed by atoms with Gasteiger partial charge in [-0.05, 0) is 12.8 Å². The molecule has 0 aromatic heterocycles. The zero-order chi connectivity index (χ0) is 11.0. The molecule has 1 aromatic rings. The SMILES string of the molecule is Cc1c(O)c(Cl)c(C(C)C)c(F)c1F. The second kappa shape index (κ2) is 3.73. The predicted octanol–water partition coefficient (Wildman–Crippen LogP) is 3.76. The van der Waals surface area contributed by atoms with Crippen LogP contribution in [0.15, 0.2) is 0 Å². The van der Waals surface area contributed by atoms with Gasteiger partial charge in [0.25, 0.3) is 0 Å². The highest BCUT2D eigenvalue weighted by atomic mass is 35.5. The largest absolute Gasteiger partial charge is 0.506 e. The summed E-state index contributed by atoms with van der Waals surface area (Å²) in [5.74, 6) is -2.66. The van der Waals surface area contributed by atoms with Crippen molar-refractivity contribution in [2.24, 2.45) is 0 Å². The smallest absolute Gasteiger partial charge is 0.165 e. The standard InChI is InChI=1S/C10H11ClF2O/c1-4(2)6-7(11)10(14)5(3)8(12)9(6)13/h4,14H,1-3H3. The third kappa shape index (κ3) is 1.57. The van der Waals surface area contributed by atoms with Crippen molar-refractivity contribution in [3.05, 3.63) is 27.8 Å². The lowest BCUT2D eigenvalue weighted by molar-refractivity contribution is 0.440. The third-order valence-electron chi connectivity index (χ3n) is 2.14. The van der Waals surface area contributed by atoms with Gasteiger partial charge in [0.05, 0.1) is 5.02 Å². The molecular weight excluding hydrogens is 210 g/mol. The van der Waals surface area contributed by atoms with Crippen molar-refractivity contribution in [2.75, 3.05) is 0 Å². The summed E-state index contributed by atoms with van der Waals surface area (Å²) in [6, 6.07) is 0. The number of halogens is 3. The molecule has 1 nitrogen and oxygen atoms in total. The first-order chi connectivity index (χ1) is 6.37. The van der Waals surface area contributed by atoms with Crippen LogP contribution in [-0.4, -0.2) is 5.11 Å². The van der Waals surface area contributed by atoms with E-state index in [2.05, 4.69) is 0 Å². The first-order valence-electron chi connectivity index (χ1n) is 4.23. The molecule has 0 aliphatic rings. The number of aromatic hydroxyl groups is 1. The lowest BCUT2D eigenvalue weighted by Gasteiger charge is -2.13. The van der Waals surface area contributed by atoms with Crippen LogP contribution in [-0.2, 0) is 0 Å². The molecule has 1 aromatic carbocycles. The topological polar surface area (TPSA) is 20.2 Å². The minimum Gasteiger partial charge on any atom is -0.506 e. The van der Waals surface area contributed by atoms with E-state index >= 15 is 0 Å². The molecule has 4 heteroatoms. The second-order valence-corrected chi connectivity index (χ2v) is 3.86. The zero-order valence-corrected chi connectivity index (χ0v) is 8.91. The van der Waals surface area contributed by atoms with Gasteiger partial charge in [-0.2, -0.15) is 0 Å². The Bertz CT molecular complexity index is 346. The van der Waals surface area contributed by atoms with Crippen molar-refractivity contribution < 1.29 is 13.9 Å². The lowest BCUT2D eigenvalue weighted by atomic mass is 9.99. The van der Waals surface area contributed by atoms with Gasteiger partial charge < -0.3 is 5.11 Å². The first kappa shape index (κ1) is 11.2. The summed E-state index contributed by atoms with van der Waals surface area (Å²) in [6.45, 7) is 4.64. The summed E-state index contributed by atoms with van der Waals surface area (Å²) in [5, 5.41) is 9.30. The Morgan fingerprint density at radius 3 is 2.14 bits per heavy atom. The Kier molecular flexibility index (Phi) is 3.00. The fraction of sp³-hybridized carbons (Fsp3) is 0.400. The number of phenolic OH excluding ortho intramolecular Hbond substituents is 1. The first-order valence-corrected chi connectivity index (χ1v) is 4.61. The Labute approximate surface area is 86.3 Å². The molecule has 0 saturated heterocycles. The number of rotatable bonds is 1. The van der Waals surface area contributed by atoms with Gasteiger partial charge in [-0.3, -0.25) is 0 Å². The van der Waals surface area contributed by atoms with Crippen LogP contribution < -0.4 is 0 Å². The van der Waals surface area contributed by atoms with E-state index in [0.717, 1.165) is 0 Å². The van der Waals surface area contributed by atoms with Crippen molar-refractivity contribution >= 4 is 11.6 Å². The molecule has 0 amide bonds. The van der Waals surface area contributed by atoms with Gasteiger partial charge >= 0.3 is 0 Å². The van der Waals surface area contributed by atoms with Crippen LogP contribution >= 0.6 is 11.6 Å². The summed E-state index contributed by atoms with van der Waals surface area (Å²) in [5.41, 5.74) is -0.135. The summed E-state index contributed by atoms with van der Waals surface area (Å²) in [6.07, 6.45) is 0. The average Bonchev–Trinajstić information content (AvgIpc) is 2.11. The maximum Gasteiger partial charge on any atom is 0.165 e. The molecule has 0 fully saturated rings. The quantitative estimate of drug-likeness (QED) is 0.715. The molecular formula is C10H11ClF2O. The molecule has 14 heavy (non-hydrogen) atoms. The predicted molar refractivity (Wildman–Crippen MR) is 51.9 cm³/mol. The summed E-state index contributed by atoms with van der Waals surface area (Å²) in [4.78, 5) is 0. The summed E-state index contributed by atoms with van der Waals surface area (Å²) in [7, 11) is 0. The summed E-state index contributed by atoms with van der Waals surface area (Å²) < 4.78 is 26.6. The van der Waals surface area contributed by atoms with Gasteiger partial charge in [0.15, 0.2) is 11.6 Å². The molecule has 0 saturated carbocycles. The third-order valence-corrected chi connectivity index (χ3v) is 2.52. The number of hydrogen-bond acceptors (Lipinski definition) is 1. The van der Waals surface area contributed by atoms with Gasteiger partial charge in [0.1, 0.15) is 5.75 Å². The Morgan fingerprint density at radius 1 is 1.21 bits per heavy atom. The van der Waals surface area contributed by atoms with Crippen LogP contribution in [0.5, 0.6) is 5.75 Å². The monoisotopic (exact) mass is 220 g/mol. The lowest BCUT2D eigenvalue weighted by Crippen LogP contribution is -2.01. The minimum atomic E-state index is -1.03. The highest BCUT2D eigenvalue weighted by Crippen LogP contribution is 2.38. The second-order valence-electron chi connectivity index (χ2n) is 3.48. The molecule has 0 unspecified atom stereocenters. The molecule has 0 radical (unpaired) electrons. The van der Waals surface area contributed by atoms with Crippen LogP contribution in [0, 0.1) is 18.6 Å². The van der Waals surface area contributed by atoms with Crippen LogP contribution in [0.2, 0.25) is 5.02 Å². The molecule has 0 atom stereocenters. The zero-order valence-electron chi connectivity index (χ0n) is 8.16. The van der Waals surface area contributed by atoms with Crippen LogP contribution in [0.3, 0.4) is 0 Å². The van der Waals surface area contributed by atoms with Crippen molar-refractivity contribution in [3.8, 4) is 5.75 Å². The highest BCUT2D eigenvalue weighted by molar-refractivity contribution is 6.33. The van der Waals surface area contributed by atoms with Gasteiger partial charge in [-0.25, -0.2) is 8.78 Å². The molecule has 78 valence electrons. The van der Waals surface area contributed by atoms with Crippen molar-refractivity contribution in [3.63, 3.8) is 0 Å². The number of phenols is 1. The van der Waals surface area contributed by atoms with E-state index in [-0.39, 0.29) is 27.8 Å². The van der Waals surface area contributed by atoms with Crippen LogP contribution in [0.25, 0.3) is 0 Å². The van der Waals surface area contributed by atoms with E-state index in [9.17, 15) is 13.9 Å². The molecule has 0 spiro atoms. The van der Waals surface area contributed by atoms with Crippen LogP contribution in [0.4, 0.5) is 8.78 Å². The normalized spacial score (nSPS) is 11.1. The van der Waals surface area contributed by atoms with E-state index in [0.29, 0.717) is 0 Å². The number of hydrogen-bond donors (Lipinski definition) is 1. The maximum absolute atomic E-state index is 13.4. The molecule has 0 aliphatic heterocycles. The Balaban J connectivity index is 3.60.